The number of allylic oxidation sites excluding steroid dienone is 4. The van der Waals surface area contributed by atoms with Crippen LogP contribution in [0.2, 0.25) is 0 Å². The molecule has 1 aliphatic carbocycles. The van der Waals surface area contributed by atoms with Crippen LogP contribution in [0, 0.1) is 0 Å². The van der Waals surface area contributed by atoms with Crippen LogP contribution in [0.1, 0.15) is 0 Å². The highest BCUT2D eigenvalue weighted by atomic mass is 79.9. The lowest BCUT2D eigenvalue weighted by Crippen LogP contribution is -2.17. The van der Waals surface area contributed by atoms with E-state index in [1.807, 2.05) is 12.3 Å². The quantitative estimate of drug-likeness (QED) is 0.646. The Bertz CT molecular complexity index is 284. The summed E-state index contributed by atoms with van der Waals surface area (Å²) in [4.78, 5) is 0. The second-order valence-corrected chi connectivity index (χ2v) is 3.47. The summed E-state index contributed by atoms with van der Waals surface area (Å²) in [7, 11) is 0. The molecule has 1 aliphatic heterocycles. The Hall–Kier alpha value is -0.760. The molecule has 0 fully saturated rings. The minimum Gasteiger partial charge on any atom is -0.381 e. The van der Waals surface area contributed by atoms with Gasteiger partial charge >= 0.3 is 0 Å². The molecule has 0 aromatic heterocycles. The van der Waals surface area contributed by atoms with Gasteiger partial charge in [0.1, 0.15) is 0 Å². The molecule has 0 spiro atoms. The fourth-order valence-corrected chi connectivity index (χ4v) is 1.64. The Kier molecular flexibility index (Phi) is 1.70. The zero-order chi connectivity index (χ0) is 7.68. The topological polar surface area (TPSA) is 12.0 Å². The van der Waals surface area contributed by atoms with Crippen LogP contribution in [-0.4, -0.2) is 6.04 Å². The second kappa shape index (κ2) is 2.70. The Morgan fingerprint density at radius 3 is 3.27 bits per heavy atom. The molecule has 0 radical (unpaired) electrons. The van der Waals surface area contributed by atoms with Gasteiger partial charge in [0.05, 0.1) is 6.04 Å². The van der Waals surface area contributed by atoms with E-state index in [1.54, 1.807) is 0 Å². The lowest BCUT2D eigenvalue weighted by molar-refractivity contribution is 0.851. The van der Waals surface area contributed by atoms with E-state index < -0.39 is 0 Å². The highest BCUT2D eigenvalue weighted by molar-refractivity contribution is 9.11. The van der Waals surface area contributed by atoms with Crippen molar-refractivity contribution >= 4 is 15.9 Å². The van der Waals surface area contributed by atoms with Crippen molar-refractivity contribution in [2.75, 3.05) is 0 Å². The van der Waals surface area contributed by atoms with Crippen LogP contribution in [0.5, 0.6) is 0 Å². The van der Waals surface area contributed by atoms with Crippen molar-refractivity contribution < 1.29 is 0 Å². The van der Waals surface area contributed by atoms with Gasteiger partial charge in [-0.15, -0.1) is 0 Å². The SMILES string of the molecule is BrC1=CC=CC2NC=CC2=C1. The zero-order valence-corrected chi connectivity index (χ0v) is 7.51. The molecule has 0 amide bonds. The Labute approximate surface area is 74.3 Å². The van der Waals surface area contributed by atoms with Crippen molar-refractivity contribution in [2.24, 2.45) is 0 Å². The van der Waals surface area contributed by atoms with Crippen LogP contribution >= 0.6 is 15.9 Å². The molecule has 0 saturated carbocycles. The average molecular weight is 210 g/mol. The van der Waals surface area contributed by atoms with Crippen LogP contribution in [0.15, 0.2) is 46.6 Å². The van der Waals surface area contributed by atoms with Crippen LogP contribution < -0.4 is 5.32 Å². The van der Waals surface area contributed by atoms with Gasteiger partial charge in [0.15, 0.2) is 0 Å². The van der Waals surface area contributed by atoms with Crippen molar-refractivity contribution in [2.45, 2.75) is 6.04 Å². The first-order chi connectivity index (χ1) is 5.36. The van der Waals surface area contributed by atoms with Crippen LogP contribution in [0.4, 0.5) is 0 Å². The maximum atomic E-state index is 3.45. The molecule has 1 N–H and O–H groups in total. The number of fused-ring (bicyclic) bond motifs is 1. The van der Waals surface area contributed by atoms with E-state index in [-0.39, 0.29) is 0 Å². The maximum absolute atomic E-state index is 3.45. The maximum Gasteiger partial charge on any atom is 0.0696 e. The predicted molar refractivity (Wildman–Crippen MR) is 50.3 cm³/mol. The van der Waals surface area contributed by atoms with Gasteiger partial charge in [0, 0.05) is 4.48 Å². The Morgan fingerprint density at radius 1 is 1.45 bits per heavy atom. The molecule has 2 heteroatoms. The van der Waals surface area contributed by atoms with E-state index in [2.05, 4.69) is 45.6 Å². The summed E-state index contributed by atoms with van der Waals surface area (Å²) in [6, 6.07) is 0.376. The Balaban J connectivity index is 2.39. The van der Waals surface area contributed by atoms with Gasteiger partial charge in [0.2, 0.25) is 0 Å². The molecular weight excluding hydrogens is 202 g/mol. The fourth-order valence-electron chi connectivity index (χ4n) is 1.22. The van der Waals surface area contributed by atoms with Gasteiger partial charge in [-0.05, 0) is 30.0 Å². The van der Waals surface area contributed by atoms with Gasteiger partial charge in [-0.1, -0.05) is 28.1 Å². The molecule has 2 rings (SSSR count). The van der Waals surface area contributed by atoms with Crippen LogP contribution in [0.3, 0.4) is 0 Å². The molecule has 0 aromatic carbocycles. The molecule has 0 bridgehead atoms. The summed E-state index contributed by atoms with van der Waals surface area (Å²) in [5.74, 6) is 0. The lowest BCUT2D eigenvalue weighted by Gasteiger charge is -2.05. The molecule has 2 aliphatic rings. The minimum absolute atomic E-state index is 0.376. The summed E-state index contributed by atoms with van der Waals surface area (Å²) in [5, 5.41) is 3.23. The molecule has 56 valence electrons. The van der Waals surface area contributed by atoms with Gasteiger partial charge in [-0.25, -0.2) is 0 Å². The standard InChI is InChI=1S/C9H8BrN/c10-8-2-1-3-9-7(6-8)4-5-11-9/h1-6,9,11H. The third-order valence-corrected chi connectivity index (χ3v) is 2.27. The fraction of sp³-hybridized carbons (Fsp3) is 0.111. The van der Waals surface area contributed by atoms with Gasteiger partial charge < -0.3 is 5.32 Å². The Morgan fingerprint density at radius 2 is 2.36 bits per heavy atom. The lowest BCUT2D eigenvalue weighted by atomic mass is 10.1. The summed E-state index contributed by atoms with van der Waals surface area (Å²) >= 11 is 3.45. The smallest absolute Gasteiger partial charge is 0.0696 e. The van der Waals surface area contributed by atoms with E-state index in [1.165, 1.54) is 5.57 Å². The van der Waals surface area contributed by atoms with E-state index in [0.717, 1.165) is 4.48 Å². The summed E-state index contributed by atoms with van der Waals surface area (Å²) in [6.07, 6.45) is 12.4. The molecule has 0 aromatic rings. The normalized spacial score (nSPS) is 26.8. The summed E-state index contributed by atoms with van der Waals surface area (Å²) < 4.78 is 1.12. The monoisotopic (exact) mass is 209 g/mol. The van der Waals surface area contributed by atoms with Crippen molar-refractivity contribution in [1.29, 1.82) is 0 Å². The molecule has 1 nitrogen and oxygen atoms in total. The number of nitrogens with one attached hydrogen (secondary N) is 1. The van der Waals surface area contributed by atoms with Crippen LogP contribution in [0.25, 0.3) is 0 Å². The largest absolute Gasteiger partial charge is 0.381 e. The van der Waals surface area contributed by atoms with Crippen molar-refractivity contribution in [3.8, 4) is 0 Å². The molecular formula is C9H8BrN. The van der Waals surface area contributed by atoms with E-state index >= 15 is 0 Å². The molecule has 1 atom stereocenters. The second-order valence-electron chi connectivity index (χ2n) is 2.56. The van der Waals surface area contributed by atoms with E-state index in [0.29, 0.717) is 6.04 Å². The molecule has 11 heavy (non-hydrogen) atoms. The van der Waals surface area contributed by atoms with E-state index in [9.17, 15) is 0 Å². The highest BCUT2D eigenvalue weighted by Gasteiger charge is 2.12. The van der Waals surface area contributed by atoms with Crippen molar-refractivity contribution in [3.05, 3.63) is 46.6 Å². The number of hydrogen-bond acceptors (Lipinski definition) is 1. The molecule has 0 saturated heterocycles. The summed E-state index contributed by atoms with van der Waals surface area (Å²) in [6.45, 7) is 0. The first kappa shape index (κ1) is 6.92. The van der Waals surface area contributed by atoms with Gasteiger partial charge in [0.25, 0.3) is 0 Å². The third-order valence-electron chi connectivity index (χ3n) is 1.77. The van der Waals surface area contributed by atoms with Gasteiger partial charge in [-0.3, -0.25) is 0 Å². The number of hydrogen-bond donors (Lipinski definition) is 1. The highest BCUT2D eigenvalue weighted by Crippen LogP contribution is 2.20. The van der Waals surface area contributed by atoms with Crippen molar-refractivity contribution in [1.82, 2.24) is 5.32 Å². The summed E-state index contributed by atoms with van der Waals surface area (Å²) in [5.41, 5.74) is 1.31. The third kappa shape index (κ3) is 1.31. The van der Waals surface area contributed by atoms with Crippen molar-refractivity contribution in [3.63, 3.8) is 0 Å². The van der Waals surface area contributed by atoms with Gasteiger partial charge in [-0.2, -0.15) is 0 Å². The first-order valence-electron chi connectivity index (χ1n) is 3.54. The minimum atomic E-state index is 0.376. The first-order valence-corrected chi connectivity index (χ1v) is 4.34. The zero-order valence-electron chi connectivity index (χ0n) is 5.92. The number of halogens is 1. The molecule has 1 unspecified atom stereocenters. The van der Waals surface area contributed by atoms with Crippen LogP contribution in [-0.2, 0) is 0 Å². The predicted octanol–water partition coefficient (Wildman–Crippen LogP) is 2.25. The number of rotatable bonds is 0. The molecule has 1 heterocycles. The average Bonchev–Trinajstić information content (AvgIpc) is 2.31. The van der Waals surface area contributed by atoms with E-state index in [4.69, 9.17) is 0 Å².